The van der Waals surface area contributed by atoms with Gasteiger partial charge in [-0.25, -0.2) is 10.4 Å². The molecule has 0 spiro atoms. The highest BCUT2D eigenvalue weighted by Gasteiger charge is 2.02. The maximum Gasteiger partial charge on any atom is 0.332 e. The van der Waals surface area contributed by atoms with E-state index in [2.05, 4.69) is 12.0 Å². The number of anilines is 1. The number of amides is 1. The number of rotatable bonds is 5. The lowest BCUT2D eigenvalue weighted by molar-refractivity contribution is 0.543. The van der Waals surface area contributed by atoms with Gasteiger partial charge in [0, 0.05) is 6.54 Å². The van der Waals surface area contributed by atoms with Crippen molar-refractivity contribution in [2.24, 2.45) is 0 Å². The SMILES string of the molecule is C=CCNN([C]=O)c1ccccc1. The van der Waals surface area contributed by atoms with E-state index < -0.39 is 0 Å². The van der Waals surface area contributed by atoms with Crippen LogP contribution in [0.2, 0.25) is 0 Å². The molecule has 0 unspecified atom stereocenters. The second-order valence-electron chi connectivity index (χ2n) is 2.41. The topological polar surface area (TPSA) is 32.3 Å². The molecule has 0 aliphatic heterocycles. The molecule has 0 saturated heterocycles. The minimum Gasteiger partial charge on any atom is -0.261 e. The van der Waals surface area contributed by atoms with Crippen LogP contribution in [-0.2, 0) is 4.79 Å². The van der Waals surface area contributed by atoms with E-state index in [9.17, 15) is 4.79 Å². The largest absolute Gasteiger partial charge is 0.332 e. The quantitative estimate of drug-likeness (QED) is 0.415. The first-order valence-electron chi connectivity index (χ1n) is 3.96. The monoisotopic (exact) mass is 175 g/mol. The van der Waals surface area contributed by atoms with Crippen molar-refractivity contribution in [3.05, 3.63) is 43.0 Å². The van der Waals surface area contributed by atoms with Gasteiger partial charge in [0.1, 0.15) is 0 Å². The van der Waals surface area contributed by atoms with Gasteiger partial charge in [-0.15, -0.1) is 6.58 Å². The van der Waals surface area contributed by atoms with Gasteiger partial charge < -0.3 is 0 Å². The Kier molecular flexibility index (Phi) is 3.73. The number of hydrogen-bond acceptors (Lipinski definition) is 2. The number of hydrazine groups is 1. The van der Waals surface area contributed by atoms with Crippen molar-refractivity contribution in [1.29, 1.82) is 0 Å². The van der Waals surface area contributed by atoms with Crippen LogP contribution in [0.1, 0.15) is 0 Å². The number of carbonyl (C=O) groups excluding carboxylic acids is 1. The van der Waals surface area contributed by atoms with E-state index in [1.807, 2.05) is 30.3 Å². The third kappa shape index (κ3) is 2.72. The molecule has 1 aromatic carbocycles. The average Bonchev–Trinajstić information content (AvgIpc) is 2.21. The van der Waals surface area contributed by atoms with Crippen LogP contribution in [0.25, 0.3) is 0 Å². The van der Waals surface area contributed by atoms with E-state index in [4.69, 9.17) is 0 Å². The Morgan fingerprint density at radius 3 is 2.69 bits per heavy atom. The van der Waals surface area contributed by atoms with Gasteiger partial charge in [-0.3, -0.25) is 4.79 Å². The summed E-state index contributed by atoms with van der Waals surface area (Å²) in [5.41, 5.74) is 3.59. The smallest absolute Gasteiger partial charge is 0.261 e. The zero-order valence-corrected chi connectivity index (χ0v) is 7.23. The minimum atomic E-state index is 0.532. The van der Waals surface area contributed by atoms with Crippen LogP contribution in [0.4, 0.5) is 5.69 Å². The van der Waals surface area contributed by atoms with Crippen LogP contribution in [0.3, 0.4) is 0 Å². The molecule has 1 radical (unpaired) electrons. The van der Waals surface area contributed by atoms with Crippen LogP contribution in [0, 0.1) is 0 Å². The number of hydrogen-bond donors (Lipinski definition) is 1. The predicted molar refractivity (Wildman–Crippen MR) is 52.8 cm³/mol. The molecular weight excluding hydrogens is 164 g/mol. The summed E-state index contributed by atoms with van der Waals surface area (Å²) in [4.78, 5) is 10.5. The molecule has 0 saturated carbocycles. The van der Waals surface area contributed by atoms with Gasteiger partial charge in [0.25, 0.3) is 0 Å². The number of para-hydroxylation sites is 1. The second kappa shape index (κ2) is 5.11. The molecule has 3 nitrogen and oxygen atoms in total. The summed E-state index contributed by atoms with van der Waals surface area (Å²) < 4.78 is 0. The third-order valence-corrected chi connectivity index (χ3v) is 1.50. The summed E-state index contributed by atoms with van der Waals surface area (Å²) in [5.74, 6) is 0. The predicted octanol–water partition coefficient (Wildman–Crippen LogP) is 1.25. The van der Waals surface area contributed by atoms with Crippen LogP contribution in [-0.4, -0.2) is 13.0 Å². The van der Waals surface area contributed by atoms with E-state index in [0.717, 1.165) is 5.69 Å². The van der Waals surface area contributed by atoms with Crippen molar-refractivity contribution in [2.75, 3.05) is 11.6 Å². The highest BCUT2D eigenvalue weighted by atomic mass is 16.1. The fourth-order valence-corrected chi connectivity index (χ4v) is 0.909. The molecule has 1 N–H and O–H groups in total. The standard InChI is InChI=1S/C10H11N2O/c1-2-8-11-12(9-13)10-6-4-3-5-7-10/h2-7,11H,1,8H2. The fourth-order valence-electron chi connectivity index (χ4n) is 0.909. The zero-order valence-electron chi connectivity index (χ0n) is 7.23. The highest BCUT2D eigenvalue weighted by molar-refractivity contribution is 5.74. The van der Waals surface area contributed by atoms with Crippen molar-refractivity contribution < 1.29 is 4.79 Å². The molecule has 0 fully saturated rings. The Bertz CT molecular complexity index is 272. The van der Waals surface area contributed by atoms with Crippen LogP contribution in [0.5, 0.6) is 0 Å². The lowest BCUT2D eigenvalue weighted by Crippen LogP contribution is -2.36. The van der Waals surface area contributed by atoms with E-state index in [1.165, 1.54) is 5.01 Å². The lowest BCUT2D eigenvalue weighted by Gasteiger charge is -2.15. The molecule has 0 bridgehead atoms. The van der Waals surface area contributed by atoms with Gasteiger partial charge in [0.05, 0.1) is 5.69 Å². The minimum absolute atomic E-state index is 0.532. The second-order valence-corrected chi connectivity index (χ2v) is 2.41. The maximum atomic E-state index is 10.5. The molecule has 1 rings (SSSR count). The molecule has 1 amide bonds. The Balaban J connectivity index is 2.66. The molecule has 0 atom stereocenters. The summed E-state index contributed by atoms with van der Waals surface area (Å²) in [5, 5.41) is 1.29. The first kappa shape index (κ1) is 9.48. The molecule has 0 aliphatic carbocycles. The molecule has 3 heteroatoms. The van der Waals surface area contributed by atoms with Gasteiger partial charge in [0.15, 0.2) is 0 Å². The van der Waals surface area contributed by atoms with Crippen molar-refractivity contribution >= 4 is 12.1 Å². The first-order chi connectivity index (χ1) is 6.38. The Morgan fingerprint density at radius 2 is 2.15 bits per heavy atom. The van der Waals surface area contributed by atoms with E-state index in [1.54, 1.807) is 12.5 Å². The molecule has 1 aromatic rings. The number of benzene rings is 1. The van der Waals surface area contributed by atoms with E-state index >= 15 is 0 Å². The summed E-state index contributed by atoms with van der Waals surface area (Å²) in [6, 6.07) is 9.24. The zero-order chi connectivity index (χ0) is 9.52. The Hall–Kier alpha value is -1.61. The fraction of sp³-hybridized carbons (Fsp3) is 0.100. The highest BCUT2D eigenvalue weighted by Crippen LogP contribution is 2.08. The molecule has 0 aromatic heterocycles. The van der Waals surface area contributed by atoms with Gasteiger partial charge in [0.2, 0.25) is 0 Å². The first-order valence-corrected chi connectivity index (χ1v) is 3.96. The summed E-state index contributed by atoms with van der Waals surface area (Å²) in [6.07, 6.45) is 3.45. The molecule has 67 valence electrons. The van der Waals surface area contributed by atoms with E-state index in [0.29, 0.717) is 6.54 Å². The molecule has 13 heavy (non-hydrogen) atoms. The normalized spacial score (nSPS) is 9.23. The van der Waals surface area contributed by atoms with Crippen molar-refractivity contribution in [2.45, 2.75) is 0 Å². The van der Waals surface area contributed by atoms with E-state index in [-0.39, 0.29) is 0 Å². The maximum absolute atomic E-state index is 10.5. The summed E-state index contributed by atoms with van der Waals surface area (Å²) >= 11 is 0. The van der Waals surface area contributed by atoms with Crippen molar-refractivity contribution in [3.63, 3.8) is 0 Å². The Labute approximate surface area is 77.6 Å². The lowest BCUT2D eigenvalue weighted by atomic mass is 10.3. The van der Waals surface area contributed by atoms with Gasteiger partial charge in [-0.05, 0) is 12.1 Å². The van der Waals surface area contributed by atoms with Crippen molar-refractivity contribution in [1.82, 2.24) is 5.43 Å². The van der Waals surface area contributed by atoms with Gasteiger partial charge >= 0.3 is 6.41 Å². The molecule has 0 heterocycles. The van der Waals surface area contributed by atoms with Crippen molar-refractivity contribution in [3.8, 4) is 0 Å². The molecular formula is C10H11N2O. The molecule has 0 aliphatic rings. The van der Waals surface area contributed by atoms with Gasteiger partial charge in [-0.2, -0.15) is 0 Å². The van der Waals surface area contributed by atoms with Gasteiger partial charge in [-0.1, -0.05) is 24.3 Å². The summed E-state index contributed by atoms with van der Waals surface area (Å²) in [7, 11) is 0. The van der Waals surface area contributed by atoms with Crippen LogP contribution < -0.4 is 10.4 Å². The summed E-state index contributed by atoms with van der Waals surface area (Å²) in [6.45, 7) is 4.07. The Morgan fingerprint density at radius 1 is 1.46 bits per heavy atom. The average molecular weight is 175 g/mol. The third-order valence-electron chi connectivity index (χ3n) is 1.50. The number of nitrogens with zero attached hydrogens (tertiary/aromatic N) is 1. The number of nitrogens with one attached hydrogen (secondary N) is 1. The van der Waals surface area contributed by atoms with Crippen LogP contribution in [0.15, 0.2) is 43.0 Å². The van der Waals surface area contributed by atoms with Crippen LogP contribution >= 0.6 is 0 Å².